The molecule has 1 aromatic rings. The molecule has 0 amide bonds. The average Bonchev–Trinajstić information content (AvgIpc) is 2.37. The van der Waals surface area contributed by atoms with Gasteiger partial charge in [-0.15, -0.1) is 23.2 Å². The minimum Gasteiger partial charge on any atom is -0.101 e. The minimum absolute atomic E-state index is 0.225. The van der Waals surface area contributed by atoms with Gasteiger partial charge in [-0.25, -0.2) is 0 Å². The van der Waals surface area contributed by atoms with Gasteiger partial charge in [-0.1, -0.05) is 75.8 Å². The Balaban J connectivity index is 2.44. The zero-order chi connectivity index (χ0) is 14.1. The van der Waals surface area contributed by atoms with Crippen molar-refractivity contribution in [2.45, 2.75) is 69.0 Å². The molecular formula is C17H26Cl2. The van der Waals surface area contributed by atoms with E-state index in [0.29, 0.717) is 0 Å². The van der Waals surface area contributed by atoms with Crippen molar-refractivity contribution in [3.05, 3.63) is 35.9 Å². The third-order valence-electron chi connectivity index (χ3n) is 3.66. The van der Waals surface area contributed by atoms with Crippen molar-refractivity contribution < 1.29 is 0 Å². The molecule has 0 spiro atoms. The number of hydrogen-bond acceptors (Lipinski definition) is 0. The van der Waals surface area contributed by atoms with Crippen molar-refractivity contribution in [2.24, 2.45) is 0 Å². The summed E-state index contributed by atoms with van der Waals surface area (Å²) < 4.78 is -0.690. The van der Waals surface area contributed by atoms with E-state index < -0.39 is 4.33 Å². The van der Waals surface area contributed by atoms with Crippen LogP contribution in [0.5, 0.6) is 0 Å². The topological polar surface area (TPSA) is 0 Å². The van der Waals surface area contributed by atoms with Crippen molar-refractivity contribution in [3.63, 3.8) is 0 Å². The largest absolute Gasteiger partial charge is 0.122 e. The Bertz CT molecular complexity index is 327. The van der Waals surface area contributed by atoms with Crippen LogP contribution in [0.25, 0.3) is 0 Å². The van der Waals surface area contributed by atoms with E-state index in [0.717, 1.165) is 6.42 Å². The van der Waals surface area contributed by atoms with E-state index in [1.807, 2.05) is 13.0 Å². The molecule has 0 heterocycles. The van der Waals surface area contributed by atoms with Gasteiger partial charge in [0.1, 0.15) is 4.33 Å². The lowest BCUT2D eigenvalue weighted by atomic mass is 9.90. The van der Waals surface area contributed by atoms with Crippen LogP contribution in [0.3, 0.4) is 0 Å². The SMILES string of the molecule is CCCCCCCCC(c1ccccc1)C(C)(Cl)Cl. The maximum atomic E-state index is 6.36. The number of rotatable bonds is 9. The van der Waals surface area contributed by atoms with Gasteiger partial charge in [0, 0.05) is 5.92 Å². The molecule has 19 heavy (non-hydrogen) atoms. The van der Waals surface area contributed by atoms with E-state index in [1.165, 1.54) is 44.1 Å². The maximum Gasteiger partial charge on any atom is 0.122 e. The molecule has 0 bridgehead atoms. The second-order valence-electron chi connectivity index (χ2n) is 5.48. The second kappa shape index (κ2) is 8.87. The molecule has 0 nitrogen and oxygen atoms in total. The first-order valence-electron chi connectivity index (χ1n) is 7.48. The zero-order valence-corrected chi connectivity index (χ0v) is 13.7. The molecule has 0 radical (unpaired) electrons. The Morgan fingerprint density at radius 3 is 2.11 bits per heavy atom. The number of alkyl halides is 2. The molecule has 0 aliphatic carbocycles. The molecule has 108 valence electrons. The predicted octanol–water partition coefficient (Wildman–Crippen LogP) is 6.71. The molecular weight excluding hydrogens is 275 g/mol. The monoisotopic (exact) mass is 300 g/mol. The molecule has 0 aliphatic rings. The molecule has 0 aromatic heterocycles. The maximum absolute atomic E-state index is 6.36. The van der Waals surface area contributed by atoms with Crippen LogP contribution in [0, 0.1) is 0 Å². The first kappa shape index (κ1) is 16.9. The molecule has 0 aliphatic heterocycles. The lowest BCUT2D eigenvalue weighted by Gasteiger charge is -2.27. The smallest absolute Gasteiger partial charge is 0.101 e. The summed E-state index contributed by atoms with van der Waals surface area (Å²) in [6.07, 6.45) is 8.90. The van der Waals surface area contributed by atoms with Crippen molar-refractivity contribution >= 4 is 23.2 Å². The molecule has 0 saturated heterocycles. The fourth-order valence-electron chi connectivity index (χ4n) is 2.53. The van der Waals surface area contributed by atoms with Gasteiger partial charge in [-0.3, -0.25) is 0 Å². The highest BCUT2D eigenvalue weighted by atomic mass is 35.5. The van der Waals surface area contributed by atoms with Gasteiger partial charge < -0.3 is 0 Å². The Kier molecular flexibility index (Phi) is 7.87. The predicted molar refractivity (Wildman–Crippen MR) is 87.3 cm³/mol. The third kappa shape index (κ3) is 6.68. The summed E-state index contributed by atoms with van der Waals surface area (Å²) in [5.41, 5.74) is 1.25. The summed E-state index contributed by atoms with van der Waals surface area (Å²) in [6, 6.07) is 10.4. The Hall–Kier alpha value is -0.200. The highest BCUT2D eigenvalue weighted by molar-refractivity contribution is 6.48. The highest BCUT2D eigenvalue weighted by Gasteiger charge is 2.30. The number of halogens is 2. The third-order valence-corrected chi connectivity index (χ3v) is 4.19. The van der Waals surface area contributed by atoms with Gasteiger partial charge in [0.2, 0.25) is 0 Å². The van der Waals surface area contributed by atoms with Gasteiger partial charge >= 0.3 is 0 Å². The Morgan fingerprint density at radius 1 is 0.947 bits per heavy atom. The fourth-order valence-corrected chi connectivity index (χ4v) is 3.00. The van der Waals surface area contributed by atoms with Gasteiger partial charge in [-0.05, 0) is 18.9 Å². The van der Waals surface area contributed by atoms with Crippen LogP contribution >= 0.6 is 23.2 Å². The molecule has 0 saturated carbocycles. The summed E-state index contributed by atoms with van der Waals surface area (Å²) in [6.45, 7) is 4.16. The van der Waals surface area contributed by atoms with Gasteiger partial charge in [-0.2, -0.15) is 0 Å². The van der Waals surface area contributed by atoms with Crippen LogP contribution in [0.1, 0.15) is 70.3 Å². The lowest BCUT2D eigenvalue weighted by molar-refractivity contribution is 0.515. The van der Waals surface area contributed by atoms with Crippen LogP contribution in [0.4, 0.5) is 0 Å². The molecule has 2 heteroatoms. The van der Waals surface area contributed by atoms with E-state index in [9.17, 15) is 0 Å². The van der Waals surface area contributed by atoms with Crippen molar-refractivity contribution in [1.82, 2.24) is 0 Å². The fraction of sp³-hybridized carbons (Fsp3) is 0.647. The van der Waals surface area contributed by atoms with Gasteiger partial charge in [0.15, 0.2) is 0 Å². The van der Waals surface area contributed by atoms with E-state index in [1.54, 1.807) is 0 Å². The van der Waals surface area contributed by atoms with Crippen molar-refractivity contribution in [2.75, 3.05) is 0 Å². The molecule has 1 unspecified atom stereocenters. The Morgan fingerprint density at radius 2 is 1.53 bits per heavy atom. The average molecular weight is 301 g/mol. The lowest BCUT2D eigenvalue weighted by Crippen LogP contribution is -2.19. The molecule has 0 N–H and O–H groups in total. The summed E-state index contributed by atoms with van der Waals surface area (Å²) in [4.78, 5) is 0. The summed E-state index contributed by atoms with van der Waals surface area (Å²) >= 11 is 12.7. The van der Waals surface area contributed by atoms with E-state index >= 15 is 0 Å². The number of hydrogen-bond donors (Lipinski definition) is 0. The van der Waals surface area contributed by atoms with E-state index in [2.05, 4.69) is 31.2 Å². The summed E-state index contributed by atoms with van der Waals surface area (Å²) in [5, 5.41) is 0. The molecule has 1 atom stereocenters. The van der Waals surface area contributed by atoms with Crippen LogP contribution in [-0.4, -0.2) is 4.33 Å². The highest BCUT2D eigenvalue weighted by Crippen LogP contribution is 2.40. The van der Waals surface area contributed by atoms with Gasteiger partial charge in [0.05, 0.1) is 0 Å². The zero-order valence-electron chi connectivity index (χ0n) is 12.2. The first-order valence-corrected chi connectivity index (χ1v) is 8.24. The number of benzene rings is 1. The van der Waals surface area contributed by atoms with Crippen molar-refractivity contribution in [1.29, 1.82) is 0 Å². The minimum atomic E-state index is -0.690. The normalized spacial score (nSPS) is 13.5. The molecule has 1 rings (SSSR count). The van der Waals surface area contributed by atoms with E-state index in [4.69, 9.17) is 23.2 Å². The van der Waals surface area contributed by atoms with Crippen molar-refractivity contribution in [3.8, 4) is 0 Å². The number of unbranched alkanes of at least 4 members (excludes halogenated alkanes) is 5. The standard InChI is InChI=1S/C17H26Cl2/c1-3-4-5-6-7-11-14-16(17(2,18)19)15-12-9-8-10-13-15/h8-10,12-13,16H,3-7,11,14H2,1-2H3. The molecule has 1 aromatic carbocycles. The van der Waals surface area contributed by atoms with Crippen LogP contribution < -0.4 is 0 Å². The van der Waals surface area contributed by atoms with Crippen LogP contribution in [-0.2, 0) is 0 Å². The first-order chi connectivity index (χ1) is 9.05. The Labute approximate surface area is 128 Å². The summed E-state index contributed by atoms with van der Waals surface area (Å²) in [5.74, 6) is 0.225. The van der Waals surface area contributed by atoms with Crippen LogP contribution in [0.15, 0.2) is 30.3 Å². The molecule has 0 fully saturated rings. The summed E-state index contributed by atoms with van der Waals surface area (Å²) in [7, 11) is 0. The van der Waals surface area contributed by atoms with Crippen LogP contribution in [0.2, 0.25) is 0 Å². The van der Waals surface area contributed by atoms with Gasteiger partial charge in [0.25, 0.3) is 0 Å². The second-order valence-corrected chi connectivity index (χ2v) is 7.24. The van der Waals surface area contributed by atoms with E-state index in [-0.39, 0.29) is 5.92 Å². The quantitative estimate of drug-likeness (QED) is 0.351.